The van der Waals surface area contributed by atoms with Crippen molar-refractivity contribution in [1.29, 1.82) is 0 Å². The number of aliphatic hydroxyl groups excluding tert-OH is 1. The van der Waals surface area contributed by atoms with Gasteiger partial charge in [0.1, 0.15) is 11.5 Å². The lowest BCUT2D eigenvalue weighted by atomic mass is 9.98. The minimum atomic E-state index is -0.956. The molecule has 0 spiro atoms. The highest BCUT2D eigenvalue weighted by molar-refractivity contribution is 5.67. The second-order valence-electron chi connectivity index (χ2n) is 5.20. The molecule has 0 saturated heterocycles. The van der Waals surface area contributed by atoms with Crippen molar-refractivity contribution < 1.29 is 24.5 Å². The van der Waals surface area contributed by atoms with Crippen LogP contribution in [0.15, 0.2) is 18.2 Å². The highest BCUT2D eigenvalue weighted by atomic mass is 16.5. The van der Waals surface area contributed by atoms with Gasteiger partial charge in [-0.3, -0.25) is 4.79 Å². The van der Waals surface area contributed by atoms with Crippen LogP contribution < -0.4 is 14.8 Å². The van der Waals surface area contributed by atoms with Crippen LogP contribution in [0.1, 0.15) is 30.9 Å². The van der Waals surface area contributed by atoms with Gasteiger partial charge in [-0.2, -0.15) is 0 Å². The lowest BCUT2D eigenvalue weighted by Crippen LogP contribution is -2.38. The van der Waals surface area contributed by atoms with Crippen molar-refractivity contribution in [2.45, 2.75) is 37.5 Å². The Kier molecular flexibility index (Phi) is 5.03. The molecule has 1 saturated carbocycles. The second-order valence-corrected chi connectivity index (χ2v) is 5.20. The first kappa shape index (κ1) is 15.6. The van der Waals surface area contributed by atoms with Crippen molar-refractivity contribution in [2.24, 2.45) is 0 Å². The molecule has 116 valence electrons. The van der Waals surface area contributed by atoms with Crippen LogP contribution in [0.2, 0.25) is 0 Å². The molecule has 0 amide bonds. The van der Waals surface area contributed by atoms with E-state index < -0.39 is 18.1 Å². The summed E-state index contributed by atoms with van der Waals surface area (Å²) >= 11 is 0. The van der Waals surface area contributed by atoms with Gasteiger partial charge >= 0.3 is 5.97 Å². The summed E-state index contributed by atoms with van der Waals surface area (Å²) in [5.74, 6) is 0.155. The minimum Gasteiger partial charge on any atom is -0.497 e. The second kappa shape index (κ2) is 6.78. The Balaban J connectivity index is 2.21. The Morgan fingerprint density at radius 1 is 1.38 bits per heavy atom. The molecule has 0 aliphatic heterocycles. The van der Waals surface area contributed by atoms with Crippen LogP contribution >= 0.6 is 0 Å². The molecule has 0 heterocycles. The van der Waals surface area contributed by atoms with Crippen LogP contribution in [0.25, 0.3) is 0 Å². The maximum Gasteiger partial charge on any atom is 0.305 e. The summed E-state index contributed by atoms with van der Waals surface area (Å²) in [7, 11) is 3.05. The number of hydrogen-bond donors (Lipinski definition) is 3. The standard InChI is InChI=1S/C15H21NO5/c1-20-10-5-6-11(13(7-10)21-2)15(19)12(8-14(17)18)16-9-3-4-9/h5-7,9,12,15-16,19H,3-4,8H2,1-2H3,(H,17,18). The predicted octanol–water partition coefficient (Wildman–Crippen LogP) is 1.33. The number of rotatable bonds is 8. The van der Waals surface area contributed by atoms with E-state index in [0.29, 0.717) is 23.1 Å². The van der Waals surface area contributed by atoms with Crippen molar-refractivity contribution in [1.82, 2.24) is 5.32 Å². The molecule has 0 radical (unpaired) electrons. The van der Waals surface area contributed by atoms with Crippen LogP contribution in [-0.4, -0.2) is 42.5 Å². The van der Waals surface area contributed by atoms with Crippen molar-refractivity contribution in [3.05, 3.63) is 23.8 Å². The molecule has 1 aromatic carbocycles. The van der Waals surface area contributed by atoms with Gasteiger partial charge < -0.3 is 25.0 Å². The zero-order valence-corrected chi connectivity index (χ0v) is 12.2. The highest BCUT2D eigenvalue weighted by Crippen LogP contribution is 2.33. The molecule has 2 atom stereocenters. The van der Waals surface area contributed by atoms with Crippen molar-refractivity contribution in [3.63, 3.8) is 0 Å². The molecule has 3 N–H and O–H groups in total. The van der Waals surface area contributed by atoms with Gasteiger partial charge in [-0.05, 0) is 25.0 Å². The SMILES string of the molecule is COc1ccc(C(O)C(CC(=O)O)NC2CC2)c(OC)c1. The molecule has 2 unspecified atom stereocenters. The summed E-state index contributed by atoms with van der Waals surface area (Å²) in [6.07, 6.45) is 0.931. The van der Waals surface area contributed by atoms with Crippen LogP contribution in [0.4, 0.5) is 0 Å². The van der Waals surface area contributed by atoms with E-state index in [4.69, 9.17) is 14.6 Å². The number of carbonyl (C=O) groups is 1. The average molecular weight is 295 g/mol. The molecule has 6 heteroatoms. The molecule has 2 rings (SSSR count). The smallest absolute Gasteiger partial charge is 0.305 e. The van der Waals surface area contributed by atoms with E-state index >= 15 is 0 Å². The van der Waals surface area contributed by atoms with E-state index in [9.17, 15) is 9.90 Å². The summed E-state index contributed by atoms with van der Waals surface area (Å²) in [4.78, 5) is 11.0. The largest absolute Gasteiger partial charge is 0.497 e. The summed E-state index contributed by atoms with van der Waals surface area (Å²) in [5, 5.41) is 22.7. The highest BCUT2D eigenvalue weighted by Gasteiger charge is 2.31. The van der Waals surface area contributed by atoms with E-state index in [1.54, 1.807) is 25.3 Å². The molecular formula is C15H21NO5. The first-order valence-electron chi connectivity index (χ1n) is 6.93. The average Bonchev–Trinajstić information content (AvgIpc) is 3.28. The van der Waals surface area contributed by atoms with Crippen LogP contribution in [0, 0.1) is 0 Å². The van der Waals surface area contributed by atoms with Crippen LogP contribution in [-0.2, 0) is 4.79 Å². The number of nitrogens with one attached hydrogen (secondary N) is 1. The van der Waals surface area contributed by atoms with Crippen molar-refractivity contribution in [3.8, 4) is 11.5 Å². The number of aliphatic hydroxyl groups is 1. The number of carboxylic acid groups (broad SMARTS) is 1. The Labute approximate surface area is 123 Å². The van der Waals surface area contributed by atoms with E-state index in [1.807, 2.05) is 0 Å². The third kappa shape index (κ3) is 4.09. The Hall–Kier alpha value is -1.79. The van der Waals surface area contributed by atoms with Gasteiger partial charge in [0.25, 0.3) is 0 Å². The zero-order valence-electron chi connectivity index (χ0n) is 12.2. The normalized spacial score (nSPS) is 17.1. The third-order valence-corrected chi connectivity index (χ3v) is 3.56. The van der Waals surface area contributed by atoms with Crippen LogP contribution in [0.5, 0.6) is 11.5 Å². The van der Waals surface area contributed by atoms with Gasteiger partial charge in [0.05, 0.1) is 26.7 Å². The summed E-state index contributed by atoms with van der Waals surface area (Å²) in [6.45, 7) is 0. The fourth-order valence-corrected chi connectivity index (χ4v) is 2.28. The Bertz CT molecular complexity index is 501. The van der Waals surface area contributed by atoms with E-state index in [-0.39, 0.29) is 6.42 Å². The molecule has 1 aliphatic rings. The number of hydrogen-bond acceptors (Lipinski definition) is 5. The molecule has 6 nitrogen and oxygen atoms in total. The fourth-order valence-electron chi connectivity index (χ4n) is 2.28. The van der Waals surface area contributed by atoms with E-state index in [1.165, 1.54) is 7.11 Å². The molecule has 0 bridgehead atoms. The molecule has 0 aromatic heterocycles. The van der Waals surface area contributed by atoms with Gasteiger partial charge in [-0.1, -0.05) is 0 Å². The Morgan fingerprint density at radius 3 is 2.62 bits per heavy atom. The van der Waals surface area contributed by atoms with Crippen molar-refractivity contribution >= 4 is 5.97 Å². The summed E-state index contributed by atoms with van der Waals surface area (Å²) < 4.78 is 10.4. The minimum absolute atomic E-state index is 0.146. The quantitative estimate of drug-likeness (QED) is 0.670. The first-order chi connectivity index (χ1) is 10.0. The van der Waals surface area contributed by atoms with Gasteiger partial charge in [0.2, 0.25) is 0 Å². The fraction of sp³-hybridized carbons (Fsp3) is 0.533. The molecule has 1 fully saturated rings. The maximum absolute atomic E-state index is 11.0. The lowest BCUT2D eigenvalue weighted by Gasteiger charge is -2.24. The molecule has 21 heavy (non-hydrogen) atoms. The lowest BCUT2D eigenvalue weighted by molar-refractivity contribution is -0.138. The molecule has 1 aliphatic carbocycles. The predicted molar refractivity (Wildman–Crippen MR) is 76.7 cm³/mol. The number of aliphatic carboxylic acids is 1. The van der Waals surface area contributed by atoms with E-state index in [2.05, 4.69) is 5.32 Å². The van der Waals surface area contributed by atoms with Gasteiger partial charge in [-0.25, -0.2) is 0 Å². The number of benzene rings is 1. The first-order valence-corrected chi connectivity index (χ1v) is 6.93. The van der Waals surface area contributed by atoms with Crippen LogP contribution in [0.3, 0.4) is 0 Å². The third-order valence-electron chi connectivity index (χ3n) is 3.56. The molecular weight excluding hydrogens is 274 g/mol. The number of methoxy groups -OCH3 is 2. The van der Waals surface area contributed by atoms with Gasteiger partial charge in [0.15, 0.2) is 0 Å². The van der Waals surface area contributed by atoms with Gasteiger partial charge in [-0.15, -0.1) is 0 Å². The van der Waals surface area contributed by atoms with Crippen molar-refractivity contribution in [2.75, 3.05) is 14.2 Å². The zero-order chi connectivity index (χ0) is 15.4. The monoisotopic (exact) mass is 295 g/mol. The van der Waals surface area contributed by atoms with E-state index in [0.717, 1.165) is 12.8 Å². The summed E-state index contributed by atoms with van der Waals surface area (Å²) in [6, 6.07) is 4.85. The maximum atomic E-state index is 11.0. The number of ether oxygens (including phenoxy) is 2. The topological polar surface area (TPSA) is 88.0 Å². The Morgan fingerprint density at radius 2 is 2.10 bits per heavy atom. The summed E-state index contributed by atoms with van der Waals surface area (Å²) in [5.41, 5.74) is 0.553. The number of carboxylic acids is 1. The molecule has 1 aromatic rings. The van der Waals surface area contributed by atoms with Gasteiger partial charge in [0, 0.05) is 23.7 Å².